The predicted octanol–water partition coefficient (Wildman–Crippen LogP) is 0.0665. The second-order valence-electron chi connectivity index (χ2n) is 4.81. The van der Waals surface area contributed by atoms with E-state index in [0.29, 0.717) is 0 Å². The van der Waals surface area contributed by atoms with E-state index in [9.17, 15) is 23.5 Å². The third-order valence-corrected chi connectivity index (χ3v) is 4.10. The molecule has 1 amide bonds. The quantitative estimate of drug-likeness (QED) is 0.444. The van der Waals surface area contributed by atoms with Gasteiger partial charge in [0.05, 0.1) is 10.6 Å². The average Bonchev–Trinajstić information content (AvgIpc) is 2.89. The topological polar surface area (TPSA) is 162 Å². The summed E-state index contributed by atoms with van der Waals surface area (Å²) in [6.07, 6.45) is 0. The van der Waals surface area contributed by atoms with Crippen LogP contribution in [0.25, 0.3) is 11.0 Å². The Morgan fingerprint density at radius 2 is 2.04 bits per heavy atom. The van der Waals surface area contributed by atoms with Gasteiger partial charge in [-0.2, -0.15) is 0 Å². The summed E-state index contributed by atoms with van der Waals surface area (Å²) in [6.45, 7) is 0. The minimum Gasteiger partial charge on any atom is -0.506 e. The molecule has 3 rings (SSSR count). The Balaban J connectivity index is 1.93. The number of carbonyl (C=O) groups excluding carboxylic acids is 1. The highest BCUT2D eigenvalue weighted by Crippen LogP contribution is 2.26. The molecule has 0 saturated heterocycles. The summed E-state index contributed by atoms with van der Waals surface area (Å²) in [5.41, 5.74) is 0.299. The molecule has 2 aromatic carbocycles. The van der Waals surface area contributed by atoms with Crippen molar-refractivity contribution in [1.82, 2.24) is 5.16 Å². The number of aromatic hydroxyl groups is 1. The highest BCUT2D eigenvalue weighted by atomic mass is 32.2. The molecule has 24 heavy (non-hydrogen) atoms. The smallest absolute Gasteiger partial charge is 0.255 e. The van der Waals surface area contributed by atoms with Crippen LogP contribution in [-0.2, 0) is 10.0 Å². The Bertz CT molecular complexity index is 1060. The number of phenolic OH excluding ortho intramolecular Hbond substituents is 1. The molecule has 0 aliphatic heterocycles. The van der Waals surface area contributed by atoms with Crippen LogP contribution in [0.2, 0.25) is 0 Å². The van der Waals surface area contributed by atoms with Gasteiger partial charge in [-0.3, -0.25) is 9.42 Å². The second kappa shape index (κ2) is 5.47. The Hall–Kier alpha value is -3.18. The Labute approximate surface area is 134 Å². The molecule has 0 unspecified atom stereocenters. The summed E-state index contributed by atoms with van der Waals surface area (Å²) in [4.78, 5) is 12.2. The molecule has 0 aliphatic carbocycles. The van der Waals surface area contributed by atoms with Crippen LogP contribution in [0.1, 0.15) is 10.4 Å². The fourth-order valence-electron chi connectivity index (χ4n) is 2.00. The number of fused-ring (bicyclic) bond motifs is 1. The molecule has 3 aromatic rings. The molecule has 0 aliphatic rings. The number of hydrogen-bond donors (Lipinski definition) is 3. The standard InChI is InChI=1S/C13H10N4O6S/c14-24(21,22)8-2-4-12(18)10(6-8)15-13(19)7-1-3-11-9(5-7)16-23-17(11)20/h1-6,18H,(H,15,19)(H2,14,21,22). The minimum absolute atomic E-state index is 0.122. The number of anilines is 1. The maximum Gasteiger partial charge on any atom is 0.255 e. The lowest BCUT2D eigenvalue weighted by atomic mass is 10.2. The van der Waals surface area contributed by atoms with Crippen LogP contribution in [0, 0.1) is 5.21 Å². The maximum absolute atomic E-state index is 12.2. The summed E-state index contributed by atoms with van der Waals surface area (Å²) >= 11 is 0. The van der Waals surface area contributed by atoms with Gasteiger partial charge >= 0.3 is 0 Å². The number of phenols is 1. The third-order valence-electron chi connectivity index (χ3n) is 3.19. The first-order valence-corrected chi connectivity index (χ1v) is 7.97. The van der Waals surface area contributed by atoms with E-state index in [4.69, 9.17) is 5.14 Å². The first kappa shape index (κ1) is 15.7. The zero-order valence-electron chi connectivity index (χ0n) is 11.8. The lowest BCUT2D eigenvalue weighted by Crippen LogP contribution is -2.22. The number of rotatable bonds is 3. The van der Waals surface area contributed by atoms with Crippen LogP contribution in [-0.4, -0.2) is 24.6 Å². The third kappa shape index (κ3) is 2.85. The zero-order chi connectivity index (χ0) is 17.5. The van der Waals surface area contributed by atoms with Crippen molar-refractivity contribution >= 4 is 32.7 Å². The van der Waals surface area contributed by atoms with Gasteiger partial charge in [0, 0.05) is 16.8 Å². The van der Waals surface area contributed by atoms with Crippen molar-refractivity contribution in [2.75, 3.05) is 5.32 Å². The van der Waals surface area contributed by atoms with Gasteiger partial charge < -0.3 is 15.6 Å². The van der Waals surface area contributed by atoms with Crippen molar-refractivity contribution in [3.05, 3.63) is 47.2 Å². The van der Waals surface area contributed by atoms with Crippen LogP contribution in [0.5, 0.6) is 5.75 Å². The molecule has 0 atom stereocenters. The highest BCUT2D eigenvalue weighted by molar-refractivity contribution is 7.89. The van der Waals surface area contributed by atoms with E-state index in [2.05, 4.69) is 15.1 Å². The summed E-state index contributed by atoms with van der Waals surface area (Å²) in [5, 5.41) is 31.8. The zero-order valence-corrected chi connectivity index (χ0v) is 12.6. The molecular formula is C13H10N4O6S. The summed E-state index contributed by atoms with van der Waals surface area (Å²) in [5.74, 6) is -0.991. The number of nitrogens with one attached hydrogen (secondary N) is 1. The largest absolute Gasteiger partial charge is 0.506 e. The van der Waals surface area contributed by atoms with Crippen molar-refractivity contribution in [3.63, 3.8) is 0 Å². The summed E-state index contributed by atoms with van der Waals surface area (Å²) in [7, 11) is -3.99. The number of hydrogen-bond acceptors (Lipinski definition) is 7. The van der Waals surface area contributed by atoms with Crippen molar-refractivity contribution < 1.29 is 27.9 Å². The number of amides is 1. The Morgan fingerprint density at radius 3 is 2.75 bits per heavy atom. The van der Waals surface area contributed by atoms with E-state index < -0.39 is 15.9 Å². The molecule has 0 bridgehead atoms. The van der Waals surface area contributed by atoms with Gasteiger partial charge in [0.2, 0.25) is 21.1 Å². The van der Waals surface area contributed by atoms with Crippen LogP contribution >= 0.6 is 0 Å². The molecule has 1 heterocycles. The van der Waals surface area contributed by atoms with Gasteiger partial charge in [-0.05, 0) is 35.2 Å². The van der Waals surface area contributed by atoms with Crippen LogP contribution in [0.3, 0.4) is 0 Å². The fraction of sp³-hybridized carbons (Fsp3) is 0. The van der Waals surface area contributed by atoms with Gasteiger partial charge in [-0.1, -0.05) is 0 Å². The van der Waals surface area contributed by atoms with Crippen molar-refractivity contribution in [1.29, 1.82) is 0 Å². The first-order chi connectivity index (χ1) is 11.3. The van der Waals surface area contributed by atoms with Crippen molar-refractivity contribution in [3.8, 4) is 5.75 Å². The lowest BCUT2D eigenvalue weighted by Gasteiger charge is -2.08. The molecule has 11 heteroatoms. The van der Waals surface area contributed by atoms with E-state index in [1.807, 2.05) is 0 Å². The molecule has 10 nitrogen and oxygen atoms in total. The van der Waals surface area contributed by atoms with Crippen LogP contribution in [0.4, 0.5) is 5.69 Å². The number of aromatic nitrogens is 2. The van der Waals surface area contributed by atoms with Gasteiger partial charge in [0.1, 0.15) is 5.75 Å². The number of nitrogens with two attached hydrogens (primary N) is 1. The Kier molecular flexibility index (Phi) is 3.58. The van der Waals surface area contributed by atoms with E-state index >= 15 is 0 Å². The number of benzene rings is 2. The molecule has 0 saturated carbocycles. The van der Waals surface area contributed by atoms with Crippen LogP contribution < -0.4 is 15.4 Å². The average molecular weight is 350 g/mol. The van der Waals surface area contributed by atoms with Gasteiger partial charge in [-0.15, -0.1) is 0 Å². The number of primary sulfonamides is 1. The molecule has 4 N–H and O–H groups in total. The van der Waals surface area contributed by atoms with E-state index in [0.717, 1.165) is 18.2 Å². The normalized spacial score (nSPS) is 11.5. The monoisotopic (exact) mass is 350 g/mol. The van der Waals surface area contributed by atoms with E-state index in [1.165, 1.54) is 18.2 Å². The van der Waals surface area contributed by atoms with Crippen molar-refractivity contribution in [2.45, 2.75) is 4.90 Å². The second-order valence-corrected chi connectivity index (χ2v) is 6.37. The molecule has 0 spiro atoms. The predicted molar refractivity (Wildman–Crippen MR) is 80.4 cm³/mol. The first-order valence-electron chi connectivity index (χ1n) is 6.42. The molecular weight excluding hydrogens is 340 g/mol. The SMILES string of the molecule is NS(=O)(=O)c1ccc(O)c(NC(=O)c2ccc3c(c2)no[n+]3[O-])c1. The van der Waals surface area contributed by atoms with Crippen molar-refractivity contribution in [2.24, 2.45) is 5.14 Å². The van der Waals surface area contributed by atoms with Crippen LogP contribution in [0.15, 0.2) is 45.9 Å². The van der Waals surface area contributed by atoms with Gasteiger partial charge in [0.25, 0.3) is 5.91 Å². The molecule has 0 fully saturated rings. The van der Waals surface area contributed by atoms with Gasteiger partial charge in [-0.25, -0.2) is 13.6 Å². The van der Waals surface area contributed by atoms with E-state index in [1.54, 1.807) is 0 Å². The maximum atomic E-state index is 12.2. The lowest BCUT2D eigenvalue weighted by molar-refractivity contribution is -0.782. The molecule has 124 valence electrons. The van der Waals surface area contributed by atoms with E-state index in [-0.39, 0.29) is 37.8 Å². The molecule has 0 radical (unpaired) electrons. The molecule has 1 aromatic heterocycles. The fourth-order valence-corrected chi connectivity index (χ4v) is 2.54. The summed E-state index contributed by atoms with van der Waals surface area (Å²) < 4.78 is 27.1. The van der Waals surface area contributed by atoms with Gasteiger partial charge in [0.15, 0.2) is 0 Å². The highest BCUT2D eigenvalue weighted by Gasteiger charge is 2.16. The number of carbonyl (C=O) groups is 1. The number of sulfonamides is 1. The summed E-state index contributed by atoms with van der Waals surface area (Å²) in [6, 6.07) is 7.23. The number of nitrogens with zero attached hydrogens (tertiary/aromatic N) is 2. The minimum atomic E-state index is -3.99. The Morgan fingerprint density at radius 1 is 1.29 bits per heavy atom.